The Morgan fingerprint density at radius 1 is 1.50 bits per heavy atom. The van der Waals surface area contributed by atoms with Gasteiger partial charge in [0.05, 0.1) is 5.02 Å². The Bertz CT molecular complexity index is 352. The van der Waals surface area contributed by atoms with Gasteiger partial charge < -0.3 is 10.1 Å². The standard InChI is InChI=1S/C10H11BrClNO/c1-10(5-13-6-10)14-9-4-7(11)2-3-8(9)12/h2-4,13H,5-6H2,1H3. The highest BCUT2D eigenvalue weighted by molar-refractivity contribution is 9.10. The molecular weight excluding hydrogens is 265 g/mol. The fourth-order valence-corrected chi connectivity index (χ4v) is 1.87. The lowest BCUT2D eigenvalue weighted by Gasteiger charge is -2.39. The smallest absolute Gasteiger partial charge is 0.139 e. The van der Waals surface area contributed by atoms with Gasteiger partial charge in [-0.05, 0) is 25.1 Å². The summed E-state index contributed by atoms with van der Waals surface area (Å²) in [6.07, 6.45) is 0. The molecule has 1 aliphatic rings. The van der Waals surface area contributed by atoms with E-state index in [9.17, 15) is 0 Å². The third-order valence-electron chi connectivity index (χ3n) is 2.25. The van der Waals surface area contributed by atoms with Crippen LogP contribution in [0.1, 0.15) is 6.92 Å². The van der Waals surface area contributed by atoms with Crippen molar-refractivity contribution in [1.29, 1.82) is 0 Å². The van der Waals surface area contributed by atoms with Crippen LogP contribution in [0.4, 0.5) is 0 Å². The molecule has 1 heterocycles. The highest BCUT2D eigenvalue weighted by Crippen LogP contribution is 2.31. The maximum Gasteiger partial charge on any atom is 0.139 e. The summed E-state index contributed by atoms with van der Waals surface area (Å²) in [5, 5.41) is 3.83. The molecule has 0 atom stereocenters. The summed E-state index contributed by atoms with van der Waals surface area (Å²) in [4.78, 5) is 0. The van der Waals surface area contributed by atoms with Crippen molar-refractivity contribution in [1.82, 2.24) is 5.32 Å². The zero-order chi connectivity index (χ0) is 10.2. The molecule has 0 aromatic heterocycles. The normalized spacial score (nSPS) is 18.8. The molecule has 0 unspecified atom stereocenters. The summed E-state index contributed by atoms with van der Waals surface area (Å²) in [5.41, 5.74) is -0.107. The summed E-state index contributed by atoms with van der Waals surface area (Å²) >= 11 is 9.41. The molecule has 14 heavy (non-hydrogen) atoms. The van der Waals surface area contributed by atoms with Crippen LogP contribution in [0.25, 0.3) is 0 Å². The summed E-state index contributed by atoms with van der Waals surface area (Å²) in [5.74, 6) is 0.741. The van der Waals surface area contributed by atoms with Crippen molar-refractivity contribution in [2.75, 3.05) is 13.1 Å². The van der Waals surface area contributed by atoms with E-state index in [0.717, 1.165) is 23.3 Å². The fourth-order valence-electron chi connectivity index (χ4n) is 1.37. The van der Waals surface area contributed by atoms with Gasteiger partial charge in [0.15, 0.2) is 0 Å². The van der Waals surface area contributed by atoms with Crippen LogP contribution < -0.4 is 10.1 Å². The van der Waals surface area contributed by atoms with Crippen molar-refractivity contribution in [2.45, 2.75) is 12.5 Å². The molecule has 2 rings (SSSR count). The maximum absolute atomic E-state index is 6.02. The summed E-state index contributed by atoms with van der Waals surface area (Å²) in [6, 6.07) is 5.62. The maximum atomic E-state index is 6.02. The minimum absolute atomic E-state index is 0.107. The molecule has 1 aliphatic heterocycles. The molecule has 1 aromatic rings. The fraction of sp³-hybridized carbons (Fsp3) is 0.400. The van der Waals surface area contributed by atoms with Gasteiger partial charge in [-0.25, -0.2) is 0 Å². The molecule has 76 valence electrons. The molecule has 1 saturated heterocycles. The highest BCUT2D eigenvalue weighted by atomic mass is 79.9. The Labute approximate surface area is 96.7 Å². The molecule has 0 bridgehead atoms. The topological polar surface area (TPSA) is 21.3 Å². The molecule has 1 fully saturated rings. The number of nitrogens with one attached hydrogen (secondary N) is 1. The van der Waals surface area contributed by atoms with E-state index in [0.29, 0.717) is 5.02 Å². The van der Waals surface area contributed by atoms with Crippen LogP contribution >= 0.6 is 27.5 Å². The van der Waals surface area contributed by atoms with Crippen molar-refractivity contribution in [3.8, 4) is 5.75 Å². The zero-order valence-electron chi connectivity index (χ0n) is 7.81. The minimum Gasteiger partial charge on any atom is -0.483 e. The van der Waals surface area contributed by atoms with Crippen LogP contribution in [0, 0.1) is 0 Å². The molecule has 2 nitrogen and oxygen atoms in total. The zero-order valence-corrected chi connectivity index (χ0v) is 10.2. The van der Waals surface area contributed by atoms with E-state index in [-0.39, 0.29) is 5.60 Å². The van der Waals surface area contributed by atoms with E-state index >= 15 is 0 Å². The van der Waals surface area contributed by atoms with Gasteiger partial charge in [-0.1, -0.05) is 27.5 Å². The average Bonchev–Trinajstić information content (AvgIpc) is 2.09. The molecule has 1 aromatic carbocycles. The largest absolute Gasteiger partial charge is 0.483 e. The van der Waals surface area contributed by atoms with Crippen molar-refractivity contribution >= 4 is 27.5 Å². The second kappa shape index (κ2) is 3.72. The number of hydrogen-bond acceptors (Lipinski definition) is 2. The van der Waals surface area contributed by atoms with E-state index in [1.165, 1.54) is 0 Å². The molecular formula is C10H11BrClNO. The molecule has 0 radical (unpaired) electrons. The van der Waals surface area contributed by atoms with E-state index in [1.807, 2.05) is 18.2 Å². The summed E-state index contributed by atoms with van der Waals surface area (Å²) in [6.45, 7) is 3.81. The number of rotatable bonds is 2. The van der Waals surface area contributed by atoms with Crippen molar-refractivity contribution in [3.05, 3.63) is 27.7 Å². The minimum atomic E-state index is -0.107. The highest BCUT2D eigenvalue weighted by Gasteiger charge is 2.34. The number of benzene rings is 1. The van der Waals surface area contributed by atoms with Gasteiger partial charge >= 0.3 is 0 Å². The van der Waals surface area contributed by atoms with Crippen molar-refractivity contribution in [3.63, 3.8) is 0 Å². The molecule has 0 spiro atoms. The van der Waals surface area contributed by atoms with Crippen LogP contribution in [0.15, 0.2) is 22.7 Å². The number of ether oxygens (including phenoxy) is 1. The van der Waals surface area contributed by atoms with E-state index in [2.05, 4.69) is 28.2 Å². The van der Waals surface area contributed by atoms with Crippen molar-refractivity contribution < 1.29 is 4.74 Å². The van der Waals surface area contributed by atoms with Gasteiger partial charge in [0.2, 0.25) is 0 Å². The molecule has 0 aliphatic carbocycles. The summed E-state index contributed by atoms with van der Waals surface area (Å²) in [7, 11) is 0. The second-order valence-electron chi connectivity index (χ2n) is 3.73. The lowest BCUT2D eigenvalue weighted by Crippen LogP contribution is -2.61. The summed E-state index contributed by atoms with van der Waals surface area (Å²) < 4.78 is 6.80. The third-order valence-corrected chi connectivity index (χ3v) is 3.05. The molecule has 0 saturated carbocycles. The Kier molecular flexibility index (Phi) is 2.73. The monoisotopic (exact) mass is 275 g/mol. The van der Waals surface area contributed by atoms with Crippen LogP contribution in [-0.2, 0) is 0 Å². The van der Waals surface area contributed by atoms with Gasteiger partial charge in [-0.2, -0.15) is 0 Å². The first-order valence-electron chi connectivity index (χ1n) is 4.44. The SMILES string of the molecule is CC1(Oc2cc(Br)ccc2Cl)CNC1. The Morgan fingerprint density at radius 3 is 2.79 bits per heavy atom. The van der Waals surface area contributed by atoms with Gasteiger partial charge in [0.1, 0.15) is 11.4 Å². The Morgan fingerprint density at radius 2 is 2.21 bits per heavy atom. The first-order valence-corrected chi connectivity index (χ1v) is 5.61. The number of hydrogen-bond donors (Lipinski definition) is 1. The quantitative estimate of drug-likeness (QED) is 0.897. The van der Waals surface area contributed by atoms with Gasteiger partial charge in [0.25, 0.3) is 0 Å². The van der Waals surface area contributed by atoms with E-state index < -0.39 is 0 Å². The first-order chi connectivity index (χ1) is 6.59. The van der Waals surface area contributed by atoms with Crippen LogP contribution in [-0.4, -0.2) is 18.7 Å². The van der Waals surface area contributed by atoms with E-state index in [1.54, 1.807) is 0 Å². The van der Waals surface area contributed by atoms with Gasteiger partial charge in [-0.3, -0.25) is 0 Å². The molecule has 4 heteroatoms. The Hall–Kier alpha value is -0.250. The van der Waals surface area contributed by atoms with Crippen LogP contribution in [0.5, 0.6) is 5.75 Å². The lowest BCUT2D eigenvalue weighted by molar-refractivity contribution is 0.0349. The predicted molar refractivity (Wildman–Crippen MR) is 61.1 cm³/mol. The number of halogens is 2. The van der Waals surface area contributed by atoms with E-state index in [4.69, 9.17) is 16.3 Å². The lowest BCUT2D eigenvalue weighted by atomic mass is 10.00. The predicted octanol–water partition coefficient (Wildman–Crippen LogP) is 2.84. The molecule has 1 N–H and O–H groups in total. The van der Waals surface area contributed by atoms with Gasteiger partial charge in [-0.15, -0.1) is 0 Å². The second-order valence-corrected chi connectivity index (χ2v) is 5.05. The Balaban J connectivity index is 2.19. The van der Waals surface area contributed by atoms with Crippen LogP contribution in [0.3, 0.4) is 0 Å². The third kappa shape index (κ3) is 2.05. The average molecular weight is 277 g/mol. The van der Waals surface area contributed by atoms with Crippen molar-refractivity contribution in [2.24, 2.45) is 0 Å². The van der Waals surface area contributed by atoms with Gasteiger partial charge in [0, 0.05) is 17.6 Å². The molecule has 0 amide bonds. The first kappa shape index (κ1) is 10.3. The van der Waals surface area contributed by atoms with Crippen LogP contribution in [0.2, 0.25) is 5.02 Å².